The zero-order chi connectivity index (χ0) is 12.8. The highest BCUT2D eigenvalue weighted by Gasteiger charge is 2.23. The normalized spacial score (nSPS) is 20.0. The number of nitrogens with two attached hydrogens (primary N) is 1. The molecule has 1 aliphatic heterocycles. The molecule has 0 fully saturated rings. The molecule has 0 aliphatic carbocycles. The predicted octanol–water partition coefficient (Wildman–Crippen LogP) is 3.58. The van der Waals surface area contributed by atoms with Crippen LogP contribution < -0.4 is 5.73 Å². The molecule has 1 aromatic rings. The quantitative estimate of drug-likeness (QED) is 0.764. The topological polar surface area (TPSA) is 29.3 Å². The summed E-state index contributed by atoms with van der Waals surface area (Å²) < 4.78 is 0. The van der Waals surface area contributed by atoms with Gasteiger partial charge < -0.3 is 5.73 Å². The molecule has 3 heteroatoms. The maximum Gasteiger partial charge on any atom is 0.0331 e. The van der Waals surface area contributed by atoms with Crippen LogP contribution >= 0.6 is 11.3 Å². The van der Waals surface area contributed by atoms with Gasteiger partial charge in [-0.05, 0) is 56.3 Å². The van der Waals surface area contributed by atoms with Gasteiger partial charge in [-0.25, -0.2) is 0 Å². The Morgan fingerprint density at radius 2 is 2.06 bits per heavy atom. The first-order valence-electron chi connectivity index (χ1n) is 7.33. The minimum atomic E-state index is 0.629. The van der Waals surface area contributed by atoms with Crippen LogP contribution in [0.15, 0.2) is 11.4 Å². The van der Waals surface area contributed by atoms with Gasteiger partial charge in [-0.3, -0.25) is 4.90 Å². The zero-order valence-electron chi connectivity index (χ0n) is 11.5. The summed E-state index contributed by atoms with van der Waals surface area (Å²) in [6.45, 7) is 5.72. The van der Waals surface area contributed by atoms with Crippen molar-refractivity contribution < 1.29 is 0 Å². The summed E-state index contributed by atoms with van der Waals surface area (Å²) in [7, 11) is 0. The molecule has 1 aromatic heterocycles. The van der Waals surface area contributed by atoms with E-state index in [2.05, 4.69) is 23.3 Å². The maximum atomic E-state index is 5.51. The lowest BCUT2D eigenvalue weighted by Crippen LogP contribution is -2.33. The molecule has 2 rings (SSSR count). The molecule has 0 spiro atoms. The third-order valence-corrected chi connectivity index (χ3v) is 5.05. The lowest BCUT2D eigenvalue weighted by atomic mass is 10.0. The molecule has 102 valence electrons. The van der Waals surface area contributed by atoms with E-state index in [4.69, 9.17) is 5.73 Å². The second-order valence-electron chi connectivity index (χ2n) is 5.32. The summed E-state index contributed by atoms with van der Waals surface area (Å²) in [4.78, 5) is 4.26. The molecule has 0 aromatic carbocycles. The Hall–Kier alpha value is -0.380. The van der Waals surface area contributed by atoms with Crippen molar-refractivity contribution in [1.29, 1.82) is 0 Å². The van der Waals surface area contributed by atoms with Crippen molar-refractivity contribution in [2.24, 2.45) is 5.73 Å². The molecule has 0 amide bonds. The van der Waals surface area contributed by atoms with Crippen LogP contribution in [0.25, 0.3) is 0 Å². The molecule has 2 heterocycles. The number of unbranched alkanes of at least 4 members (excludes halogenated alkanes) is 4. The third-order valence-electron chi connectivity index (χ3n) is 4.05. The Bertz CT molecular complexity index is 348. The van der Waals surface area contributed by atoms with Gasteiger partial charge in [-0.1, -0.05) is 19.3 Å². The monoisotopic (exact) mass is 266 g/mol. The molecule has 2 nitrogen and oxygen atoms in total. The van der Waals surface area contributed by atoms with E-state index in [-0.39, 0.29) is 0 Å². The molecule has 0 bridgehead atoms. The Kier molecular flexibility index (Phi) is 5.67. The minimum absolute atomic E-state index is 0.629. The van der Waals surface area contributed by atoms with Crippen molar-refractivity contribution in [2.45, 2.75) is 51.5 Å². The summed E-state index contributed by atoms with van der Waals surface area (Å²) in [5, 5.41) is 2.25. The minimum Gasteiger partial charge on any atom is -0.330 e. The van der Waals surface area contributed by atoms with Crippen molar-refractivity contribution in [2.75, 3.05) is 19.6 Å². The summed E-state index contributed by atoms with van der Waals surface area (Å²) in [5.74, 6) is 0. The largest absolute Gasteiger partial charge is 0.330 e. The van der Waals surface area contributed by atoms with Gasteiger partial charge in [-0.15, -0.1) is 11.3 Å². The average Bonchev–Trinajstić information content (AvgIpc) is 2.85. The van der Waals surface area contributed by atoms with E-state index in [9.17, 15) is 0 Å². The standard InChI is InChI=1S/C15H26N2S/c1-13-14-8-12-18-15(14)7-11-17(13)10-6-4-2-3-5-9-16/h8,12-13H,2-7,9-11,16H2,1H3. The van der Waals surface area contributed by atoms with Crippen LogP contribution in [0.1, 0.15) is 55.5 Å². The second-order valence-corrected chi connectivity index (χ2v) is 6.32. The fourth-order valence-corrected chi connectivity index (χ4v) is 3.82. The Labute approximate surface area is 115 Å². The van der Waals surface area contributed by atoms with Crippen molar-refractivity contribution in [3.8, 4) is 0 Å². The fourth-order valence-electron chi connectivity index (χ4n) is 2.86. The zero-order valence-corrected chi connectivity index (χ0v) is 12.3. The van der Waals surface area contributed by atoms with E-state index in [0.717, 1.165) is 6.54 Å². The van der Waals surface area contributed by atoms with Gasteiger partial charge in [0.05, 0.1) is 0 Å². The molecule has 1 unspecified atom stereocenters. The lowest BCUT2D eigenvalue weighted by Gasteiger charge is -2.33. The Morgan fingerprint density at radius 3 is 2.89 bits per heavy atom. The maximum absolute atomic E-state index is 5.51. The molecule has 1 atom stereocenters. The number of thiophene rings is 1. The smallest absolute Gasteiger partial charge is 0.0331 e. The molecule has 0 saturated heterocycles. The van der Waals surface area contributed by atoms with E-state index in [1.54, 1.807) is 10.4 Å². The van der Waals surface area contributed by atoms with Gasteiger partial charge in [0.15, 0.2) is 0 Å². The van der Waals surface area contributed by atoms with Gasteiger partial charge in [0.1, 0.15) is 0 Å². The van der Waals surface area contributed by atoms with Crippen LogP contribution in [0.2, 0.25) is 0 Å². The molecule has 1 aliphatic rings. The van der Waals surface area contributed by atoms with E-state index in [1.165, 1.54) is 51.6 Å². The highest BCUT2D eigenvalue weighted by molar-refractivity contribution is 7.10. The fraction of sp³-hybridized carbons (Fsp3) is 0.733. The summed E-state index contributed by atoms with van der Waals surface area (Å²) >= 11 is 1.93. The van der Waals surface area contributed by atoms with Crippen LogP contribution in [0, 0.1) is 0 Å². The van der Waals surface area contributed by atoms with Crippen molar-refractivity contribution in [3.05, 3.63) is 21.9 Å². The van der Waals surface area contributed by atoms with Gasteiger partial charge in [0.2, 0.25) is 0 Å². The Balaban J connectivity index is 1.68. The number of hydrogen-bond donors (Lipinski definition) is 1. The van der Waals surface area contributed by atoms with E-state index in [1.807, 2.05) is 11.3 Å². The molecule has 18 heavy (non-hydrogen) atoms. The van der Waals surface area contributed by atoms with Crippen LogP contribution in [-0.4, -0.2) is 24.5 Å². The number of fused-ring (bicyclic) bond motifs is 1. The van der Waals surface area contributed by atoms with Crippen LogP contribution in [0.3, 0.4) is 0 Å². The van der Waals surface area contributed by atoms with Crippen molar-refractivity contribution in [1.82, 2.24) is 4.90 Å². The third kappa shape index (κ3) is 3.56. The van der Waals surface area contributed by atoms with Crippen LogP contribution in [0.4, 0.5) is 0 Å². The highest BCUT2D eigenvalue weighted by atomic mass is 32.1. The molecular weight excluding hydrogens is 240 g/mol. The molecular formula is C15H26N2S. The molecule has 0 radical (unpaired) electrons. The van der Waals surface area contributed by atoms with Gasteiger partial charge >= 0.3 is 0 Å². The molecule has 2 N–H and O–H groups in total. The second kappa shape index (κ2) is 7.27. The number of rotatable bonds is 7. The van der Waals surface area contributed by atoms with Gasteiger partial charge in [0.25, 0.3) is 0 Å². The first-order chi connectivity index (χ1) is 8.83. The predicted molar refractivity (Wildman–Crippen MR) is 80.2 cm³/mol. The first kappa shape index (κ1) is 14.0. The number of nitrogens with zero attached hydrogens (tertiary/aromatic N) is 1. The lowest BCUT2D eigenvalue weighted by molar-refractivity contribution is 0.196. The summed E-state index contributed by atoms with van der Waals surface area (Å²) in [5.41, 5.74) is 7.08. The Morgan fingerprint density at radius 1 is 1.28 bits per heavy atom. The van der Waals surface area contributed by atoms with E-state index < -0.39 is 0 Å². The number of hydrogen-bond acceptors (Lipinski definition) is 3. The van der Waals surface area contributed by atoms with Gasteiger partial charge in [0, 0.05) is 17.5 Å². The van der Waals surface area contributed by atoms with Crippen molar-refractivity contribution >= 4 is 11.3 Å². The van der Waals surface area contributed by atoms with E-state index >= 15 is 0 Å². The van der Waals surface area contributed by atoms with E-state index in [0.29, 0.717) is 6.04 Å². The van der Waals surface area contributed by atoms with Crippen LogP contribution in [0.5, 0.6) is 0 Å². The summed E-state index contributed by atoms with van der Waals surface area (Å²) in [6, 6.07) is 2.95. The SMILES string of the molecule is CC1c2ccsc2CCN1CCCCCCCN. The highest BCUT2D eigenvalue weighted by Crippen LogP contribution is 2.32. The average molecular weight is 266 g/mol. The van der Waals surface area contributed by atoms with Crippen molar-refractivity contribution in [3.63, 3.8) is 0 Å². The molecule has 0 saturated carbocycles. The summed E-state index contributed by atoms with van der Waals surface area (Å²) in [6.07, 6.45) is 7.81. The van der Waals surface area contributed by atoms with Gasteiger partial charge in [-0.2, -0.15) is 0 Å². The first-order valence-corrected chi connectivity index (χ1v) is 8.21. The van der Waals surface area contributed by atoms with Crippen LogP contribution in [-0.2, 0) is 6.42 Å².